The number of benzene rings is 2. The van der Waals surface area contributed by atoms with Crippen molar-refractivity contribution in [2.24, 2.45) is 5.92 Å². The van der Waals surface area contributed by atoms with Gasteiger partial charge in [-0.3, -0.25) is 9.59 Å². The zero-order valence-electron chi connectivity index (χ0n) is 17.4. The quantitative estimate of drug-likeness (QED) is 0.567. The maximum atomic E-state index is 12.3. The van der Waals surface area contributed by atoms with Crippen molar-refractivity contribution in [2.45, 2.75) is 13.8 Å². The molecule has 2 aromatic rings. The van der Waals surface area contributed by atoms with Crippen molar-refractivity contribution in [2.75, 3.05) is 36.4 Å². The highest BCUT2D eigenvalue weighted by atomic mass is 35.5. The second-order valence-corrected chi connectivity index (χ2v) is 8.87. The molecule has 2 aromatic carbocycles. The summed E-state index contributed by atoms with van der Waals surface area (Å²) in [5.41, 5.74) is 2.18. The van der Waals surface area contributed by atoms with Crippen molar-refractivity contribution < 1.29 is 9.59 Å². The van der Waals surface area contributed by atoms with Crippen molar-refractivity contribution in [1.29, 1.82) is 0 Å². The summed E-state index contributed by atoms with van der Waals surface area (Å²) in [6.45, 7) is 6.60. The molecule has 1 heterocycles. The molecule has 1 N–H and O–H groups in total. The molecule has 1 aliphatic rings. The Morgan fingerprint density at radius 3 is 2.29 bits per heavy atom. The topological polar surface area (TPSA) is 52.7 Å². The van der Waals surface area contributed by atoms with Gasteiger partial charge in [0.25, 0.3) is 0 Å². The normalized spacial score (nSPS) is 14.4. The van der Waals surface area contributed by atoms with E-state index < -0.39 is 0 Å². The number of hydrogen-bond donors (Lipinski definition) is 1. The molecule has 0 aromatic heterocycles. The highest BCUT2D eigenvalue weighted by Gasteiger charge is 2.24. The number of nitrogens with zero attached hydrogens (tertiary/aromatic N) is 2. The second kappa shape index (κ2) is 10.4. The highest BCUT2D eigenvalue weighted by Crippen LogP contribution is 2.30. The third-order valence-electron chi connectivity index (χ3n) is 5.02. The molecule has 1 fully saturated rings. The smallest absolute Gasteiger partial charge is 0.248 e. The summed E-state index contributed by atoms with van der Waals surface area (Å²) < 4.78 is 0. The van der Waals surface area contributed by atoms with Gasteiger partial charge in [0.15, 0.2) is 0 Å². The molecule has 8 heteroatoms. The van der Waals surface area contributed by atoms with Gasteiger partial charge in [-0.2, -0.15) is 0 Å². The van der Waals surface area contributed by atoms with Gasteiger partial charge < -0.3 is 15.1 Å². The third kappa shape index (κ3) is 6.16. The van der Waals surface area contributed by atoms with Gasteiger partial charge in [-0.05, 0) is 42.0 Å². The average molecular weight is 481 g/mol. The Bertz CT molecular complexity index is 1000. The summed E-state index contributed by atoms with van der Waals surface area (Å²) in [6.07, 6.45) is 3.03. The molecule has 31 heavy (non-hydrogen) atoms. The van der Waals surface area contributed by atoms with E-state index >= 15 is 0 Å². The summed E-state index contributed by atoms with van der Waals surface area (Å²) in [4.78, 5) is 28.5. The van der Waals surface area contributed by atoms with Crippen molar-refractivity contribution in [1.82, 2.24) is 4.90 Å². The molecule has 1 aliphatic heterocycles. The summed E-state index contributed by atoms with van der Waals surface area (Å²) in [7, 11) is 0. The Morgan fingerprint density at radius 2 is 1.68 bits per heavy atom. The van der Waals surface area contributed by atoms with Gasteiger partial charge in [0.05, 0.1) is 10.7 Å². The van der Waals surface area contributed by atoms with E-state index in [0.717, 1.165) is 5.69 Å². The zero-order chi connectivity index (χ0) is 22.5. The Hall–Kier alpha value is -2.21. The van der Waals surface area contributed by atoms with Crippen LogP contribution < -0.4 is 10.2 Å². The van der Waals surface area contributed by atoms with E-state index in [4.69, 9.17) is 34.8 Å². The van der Waals surface area contributed by atoms with Crippen molar-refractivity contribution >= 4 is 64.1 Å². The van der Waals surface area contributed by atoms with Gasteiger partial charge in [-0.25, -0.2) is 0 Å². The number of rotatable bonds is 5. The number of carbonyl (C=O) groups excluding carboxylic acids is 2. The van der Waals surface area contributed by atoms with Crippen LogP contribution in [-0.2, 0) is 9.59 Å². The molecule has 0 bridgehead atoms. The Kier molecular flexibility index (Phi) is 7.87. The first-order valence-electron chi connectivity index (χ1n) is 10.0. The van der Waals surface area contributed by atoms with Crippen LogP contribution in [0.3, 0.4) is 0 Å². The zero-order valence-corrected chi connectivity index (χ0v) is 19.6. The molecule has 5 nitrogen and oxygen atoms in total. The van der Waals surface area contributed by atoms with E-state index in [9.17, 15) is 9.59 Å². The molecule has 2 amide bonds. The van der Waals surface area contributed by atoms with Crippen LogP contribution in [0.2, 0.25) is 15.1 Å². The lowest BCUT2D eigenvalue weighted by atomic mass is 10.1. The number of piperazine rings is 1. The minimum Gasteiger partial charge on any atom is -0.367 e. The first-order valence-corrected chi connectivity index (χ1v) is 11.2. The van der Waals surface area contributed by atoms with E-state index in [2.05, 4.69) is 10.2 Å². The minimum absolute atomic E-state index is 0.00259. The Balaban J connectivity index is 1.60. The molecule has 0 saturated carbocycles. The minimum atomic E-state index is -0.296. The van der Waals surface area contributed by atoms with Crippen LogP contribution in [0, 0.1) is 5.92 Å². The monoisotopic (exact) mass is 479 g/mol. The number of halogens is 3. The SMILES string of the molecule is CC(C)C(=O)N1CCN(c2ccc(NC(=O)/C=C/c3ccc(Cl)cc3Cl)cc2Cl)CC1. The molecule has 164 valence electrons. The van der Waals surface area contributed by atoms with Gasteiger partial charge in [0.1, 0.15) is 0 Å². The maximum Gasteiger partial charge on any atom is 0.248 e. The van der Waals surface area contributed by atoms with E-state index in [1.807, 2.05) is 30.9 Å². The van der Waals surface area contributed by atoms with E-state index in [0.29, 0.717) is 52.5 Å². The van der Waals surface area contributed by atoms with Crippen LogP contribution >= 0.6 is 34.8 Å². The van der Waals surface area contributed by atoms with Crippen LogP contribution in [0.15, 0.2) is 42.5 Å². The predicted molar refractivity (Wildman–Crippen MR) is 129 cm³/mol. The molecule has 0 aliphatic carbocycles. The van der Waals surface area contributed by atoms with Crippen LogP contribution in [0.1, 0.15) is 19.4 Å². The van der Waals surface area contributed by atoms with Crippen LogP contribution in [0.5, 0.6) is 0 Å². The number of carbonyl (C=O) groups is 2. The molecule has 0 atom stereocenters. The van der Waals surface area contributed by atoms with Gasteiger partial charge >= 0.3 is 0 Å². The van der Waals surface area contributed by atoms with Crippen molar-refractivity contribution in [3.05, 3.63) is 63.1 Å². The van der Waals surface area contributed by atoms with E-state index in [1.54, 1.807) is 30.3 Å². The van der Waals surface area contributed by atoms with Gasteiger partial charge in [0.2, 0.25) is 11.8 Å². The summed E-state index contributed by atoms with van der Waals surface area (Å²) in [5, 5.41) is 4.35. The van der Waals surface area contributed by atoms with Crippen LogP contribution in [-0.4, -0.2) is 42.9 Å². The Morgan fingerprint density at radius 1 is 0.968 bits per heavy atom. The third-order valence-corrected chi connectivity index (χ3v) is 5.88. The molecular formula is C23H24Cl3N3O2. The number of amides is 2. The molecule has 0 spiro atoms. The van der Waals surface area contributed by atoms with Crippen LogP contribution in [0.4, 0.5) is 11.4 Å². The van der Waals surface area contributed by atoms with Gasteiger partial charge in [-0.1, -0.05) is 54.7 Å². The lowest BCUT2D eigenvalue weighted by molar-refractivity contribution is -0.134. The molecule has 3 rings (SSSR count). The van der Waals surface area contributed by atoms with E-state index in [-0.39, 0.29) is 17.7 Å². The maximum absolute atomic E-state index is 12.3. The Labute approximate surface area is 197 Å². The van der Waals surface area contributed by atoms with Gasteiger partial charge in [-0.15, -0.1) is 0 Å². The fraction of sp³-hybridized carbons (Fsp3) is 0.304. The fourth-order valence-electron chi connectivity index (χ4n) is 3.36. The fourth-order valence-corrected chi connectivity index (χ4v) is 4.13. The highest BCUT2D eigenvalue weighted by molar-refractivity contribution is 6.35. The first kappa shape index (κ1) is 23.5. The van der Waals surface area contributed by atoms with Crippen molar-refractivity contribution in [3.8, 4) is 0 Å². The largest absolute Gasteiger partial charge is 0.367 e. The lowest BCUT2D eigenvalue weighted by Crippen LogP contribution is -2.50. The number of hydrogen-bond acceptors (Lipinski definition) is 3. The number of anilines is 2. The summed E-state index contributed by atoms with van der Waals surface area (Å²) >= 11 is 18.5. The summed E-state index contributed by atoms with van der Waals surface area (Å²) in [6, 6.07) is 10.5. The first-order chi connectivity index (χ1) is 14.7. The molecule has 1 saturated heterocycles. The standard InChI is InChI=1S/C23H24Cl3N3O2/c1-15(2)23(31)29-11-9-28(10-12-29)21-7-6-18(14-20(21)26)27-22(30)8-4-16-3-5-17(24)13-19(16)25/h3-8,13-15H,9-12H2,1-2H3,(H,27,30)/b8-4+. The second-order valence-electron chi connectivity index (χ2n) is 7.62. The molecule has 0 radical (unpaired) electrons. The van der Waals surface area contributed by atoms with Crippen LogP contribution in [0.25, 0.3) is 6.08 Å². The van der Waals surface area contributed by atoms with Crippen molar-refractivity contribution in [3.63, 3.8) is 0 Å². The molecule has 0 unspecified atom stereocenters. The van der Waals surface area contributed by atoms with E-state index in [1.165, 1.54) is 6.08 Å². The van der Waals surface area contributed by atoms with Gasteiger partial charge in [0, 0.05) is 53.9 Å². The average Bonchev–Trinajstić information content (AvgIpc) is 2.73. The molecular weight excluding hydrogens is 457 g/mol. The summed E-state index contributed by atoms with van der Waals surface area (Å²) in [5.74, 6) is -0.116. The number of nitrogens with one attached hydrogen (secondary N) is 1. The lowest BCUT2D eigenvalue weighted by Gasteiger charge is -2.37. The predicted octanol–water partition coefficient (Wildman–Crippen LogP) is 5.60.